The lowest BCUT2D eigenvalue weighted by Crippen LogP contribution is -2.41. The molecule has 2 saturated heterocycles. The van der Waals surface area contributed by atoms with Crippen molar-refractivity contribution in [2.75, 3.05) is 12.4 Å². The molecule has 5 rings (SSSR count). The summed E-state index contributed by atoms with van der Waals surface area (Å²) < 4.78 is 10.7. The third kappa shape index (κ3) is 3.36. The molecule has 2 aromatic carbocycles. The zero-order valence-electron chi connectivity index (χ0n) is 17.2. The standard InChI is InChI=1S/C24H21NO6S/c1-30-24(29)18-15(14-7-6-12-4-2-3-5-13(12)10-14)11-32-22(18)25-21(26)19-16-8-9-17(31-16)20(19)23(27)28/h2-7,10-11,16-17,19-20H,8-9H2,1H3,(H,25,26)(H,27,28)/t16-,17-,19+,20-/m1/s1. The van der Waals surface area contributed by atoms with Gasteiger partial charge >= 0.3 is 11.9 Å². The summed E-state index contributed by atoms with van der Waals surface area (Å²) in [6, 6.07) is 13.8. The van der Waals surface area contributed by atoms with E-state index in [1.165, 1.54) is 18.4 Å². The maximum absolute atomic E-state index is 13.1. The van der Waals surface area contributed by atoms with E-state index in [1.807, 2.05) is 42.5 Å². The third-order valence-corrected chi connectivity index (χ3v) is 7.23. The molecule has 2 bridgehead atoms. The van der Waals surface area contributed by atoms with Crippen LogP contribution in [0.4, 0.5) is 5.00 Å². The SMILES string of the molecule is COC(=O)c1c(-c2ccc3ccccc3c2)csc1NC(=O)[C@@H]1[C@H](C(=O)O)[C@H]2CC[C@H]1O2. The van der Waals surface area contributed by atoms with E-state index >= 15 is 0 Å². The minimum atomic E-state index is -1.03. The van der Waals surface area contributed by atoms with Crippen LogP contribution in [-0.4, -0.2) is 42.3 Å². The number of anilines is 1. The number of fused-ring (bicyclic) bond motifs is 3. The van der Waals surface area contributed by atoms with Crippen LogP contribution in [0.3, 0.4) is 0 Å². The summed E-state index contributed by atoms with van der Waals surface area (Å²) in [6.45, 7) is 0. The molecule has 2 aliphatic heterocycles. The van der Waals surface area contributed by atoms with Crippen LogP contribution in [0.2, 0.25) is 0 Å². The molecule has 0 unspecified atom stereocenters. The second-order valence-electron chi connectivity index (χ2n) is 8.08. The minimum Gasteiger partial charge on any atom is -0.481 e. The topological polar surface area (TPSA) is 102 Å². The van der Waals surface area contributed by atoms with E-state index in [1.54, 1.807) is 5.38 Å². The smallest absolute Gasteiger partial charge is 0.341 e. The molecule has 7 nitrogen and oxygen atoms in total. The molecular weight excluding hydrogens is 430 g/mol. The number of esters is 1. The van der Waals surface area contributed by atoms with Crippen molar-refractivity contribution in [3.63, 3.8) is 0 Å². The first-order valence-electron chi connectivity index (χ1n) is 10.4. The van der Waals surface area contributed by atoms with Gasteiger partial charge in [-0.1, -0.05) is 36.4 Å². The number of hydrogen-bond donors (Lipinski definition) is 2. The molecule has 8 heteroatoms. The Kier molecular flexibility index (Phi) is 5.19. The van der Waals surface area contributed by atoms with Gasteiger partial charge in [-0.05, 0) is 35.2 Å². The van der Waals surface area contributed by atoms with Crippen molar-refractivity contribution in [2.45, 2.75) is 25.0 Å². The molecule has 164 valence electrons. The van der Waals surface area contributed by atoms with Crippen molar-refractivity contribution in [3.8, 4) is 11.1 Å². The molecule has 0 spiro atoms. The Morgan fingerprint density at radius 1 is 1.06 bits per heavy atom. The second-order valence-corrected chi connectivity index (χ2v) is 8.96. The Balaban J connectivity index is 1.49. The van der Waals surface area contributed by atoms with Crippen LogP contribution in [0.5, 0.6) is 0 Å². The highest BCUT2D eigenvalue weighted by molar-refractivity contribution is 7.15. The fraction of sp³-hybridized carbons (Fsp3) is 0.292. The number of methoxy groups -OCH3 is 1. The molecule has 0 saturated carbocycles. The molecule has 3 heterocycles. The van der Waals surface area contributed by atoms with Crippen molar-refractivity contribution in [3.05, 3.63) is 53.4 Å². The highest BCUT2D eigenvalue weighted by atomic mass is 32.1. The Morgan fingerprint density at radius 2 is 1.78 bits per heavy atom. The van der Waals surface area contributed by atoms with Crippen LogP contribution >= 0.6 is 11.3 Å². The fourth-order valence-corrected chi connectivity index (χ4v) is 5.80. The Hall–Kier alpha value is -3.23. The minimum absolute atomic E-state index is 0.261. The largest absolute Gasteiger partial charge is 0.481 e. The number of aliphatic carboxylic acids is 1. The van der Waals surface area contributed by atoms with E-state index in [4.69, 9.17) is 9.47 Å². The highest BCUT2D eigenvalue weighted by Gasteiger charge is 2.55. The Labute approximate surface area is 188 Å². The maximum Gasteiger partial charge on any atom is 0.341 e. The van der Waals surface area contributed by atoms with Gasteiger partial charge in [0.2, 0.25) is 5.91 Å². The van der Waals surface area contributed by atoms with Gasteiger partial charge in [0.1, 0.15) is 10.6 Å². The normalized spacial score (nSPS) is 23.9. The number of benzene rings is 2. The molecule has 2 N–H and O–H groups in total. The van der Waals surface area contributed by atoms with E-state index in [0.29, 0.717) is 23.4 Å². The quantitative estimate of drug-likeness (QED) is 0.565. The lowest BCUT2D eigenvalue weighted by Gasteiger charge is -2.23. The molecule has 4 atom stereocenters. The number of thiophene rings is 1. The van der Waals surface area contributed by atoms with Gasteiger partial charge in [0.15, 0.2) is 0 Å². The van der Waals surface area contributed by atoms with Crippen LogP contribution in [0.25, 0.3) is 21.9 Å². The summed E-state index contributed by atoms with van der Waals surface area (Å²) in [7, 11) is 1.29. The average molecular weight is 452 g/mol. The molecule has 32 heavy (non-hydrogen) atoms. The molecule has 3 aromatic rings. The zero-order valence-corrected chi connectivity index (χ0v) is 18.1. The first-order chi connectivity index (χ1) is 15.5. The number of carbonyl (C=O) groups is 3. The van der Waals surface area contributed by atoms with Crippen molar-refractivity contribution >= 4 is 45.0 Å². The van der Waals surface area contributed by atoms with Crippen LogP contribution in [0.1, 0.15) is 23.2 Å². The Bertz CT molecular complexity index is 1230. The maximum atomic E-state index is 13.1. The number of nitrogens with one attached hydrogen (secondary N) is 1. The van der Waals surface area contributed by atoms with E-state index < -0.39 is 41.9 Å². The van der Waals surface area contributed by atoms with Crippen molar-refractivity contribution in [2.24, 2.45) is 11.8 Å². The van der Waals surface area contributed by atoms with Crippen LogP contribution < -0.4 is 5.32 Å². The molecule has 0 aliphatic carbocycles. The van der Waals surface area contributed by atoms with Gasteiger partial charge in [-0.3, -0.25) is 9.59 Å². The van der Waals surface area contributed by atoms with Gasteiger partial charge < -0.3 is 19.9 Å². The molecule has 1 amide bonds. The number of carboxylic acids is 1. The van der Waals surface area contributed by atoms with Crippen LogP contribution in [0, 0.1) is 11.8 Å². The first-order valence-corrected chi connectivity index (χ1v) is 11.2. The van der Waals surface area contributed by atoms with Crippen molar-refractivity contribution in [1.29, 1.82) is 0 Å². The molecular formula is C24H21NO6S. The molecule has 1 aromatic heterocycles. The van der Waals surface area contributed by atoms with Gasteiger partial charge in [-0.25, -0.2) is 4.79 Å². The predicted octanol–water partition coefficient (Wildman–Crippen LogP) is 4.17. The molecule has 2 fully saturated rings. The summed E-state index contributed by atoms with van der Waals surface area (Å²) in [4.78, 5) is 37.5. The van der Waals surface area contributed by atoms with E-state index in [0.717, 1.165) is 16.3 Å². The van der Waals surface area contributed by atoms with E-state index in [9.17, 15) is 19.5 Å². The van der Waals surface area contributed by atoms with Gasteiger partial charge in [0, 0.05) is 10.9 Å². The zero-order chi connectivity index (χ0) is 22.4. The van der Waals surface area contributed by atoms with Crippen LogP contribution in [0.15, 0.2) is 47.8 Å². The first kappa shape index (κ1) is 20.7. The third-order valence-electron chi connectivity index (χ3n) is 6.34. The number of hydrogen-bond acceptors (Lipinski definition) is 6. The summed E-state index contributed by atoms with van der Waals surface area (Å²) in [5.74, 6) is -3.71. The monoisotopic (exact) mass is 451 g/mol. The summed E-state index contributed by atoms with van der Waals surface area (Å²) in [5, 5.41) is 16.7. The average Bonchev–Trinajstić information content (AvgIpc) is 3.52. The van der Waals surface area contributed by atoms with Crippen molar-refractivity contribution < 1.29 is 29.0 Å². The molecule has 0 radical (unpaired) electrons. The lowest BCUT2D eigenvalue weighted by molar-refractivity contribution is -0.147. The lowest BCUT2D eigenvalue weighted by atomic mass is 9.79. The predicted molar refractivity (Wildman–Crippen MR) is 120 cm³/mol. The highest BCUT2D eigenvalue weighted by Crippen LogP contribution is 2.45. The van der Waals surface area contributed by atoms with E-state index in [2.05, 4.69) is 5.32 Å². The summed E-state index contributed by atoms with van der Waals surface area (Å²) >= 11 is 1.22. The molecule has 2 aliphatic rings. The fourth-order valence-electron chi connectivity index (χ4n) is 4.84. The second kappa shape index (κ2) is 8.03. The van der Waals surface area contributed by atoms with Gasteiger partial charge in [-0.15, -0.1) is 11.3 Å². The van der Waals surface area contributed by atoms with Gasteiger partial charge in [0.25, 0.3) is 0 Å². The number of amides is 1. The number of rotatable bonds is 5. The number of carbonyl (C=O) groups excluding carboxylic acids is 2. The summed E-state index contributed by atoms with van der Waals surface area (Å²) in [5.41, 5.74) is 1.74. The number of ether oxygens (including phenoxy) is 2. The van der Waals surface area contributed by atoms with E-state index in [-0.39, 0.29) is 5.56 Å². The van der Waals surface area contributed by atoms with Gasteiger partial charge in [0.05, 0.1) is 31.2 Å². The Morgan fingerprint density at radius 3 is 2.50 bits per heavy atom. The number of carboxylic acid groups (broad SMARTS) is 1. The van der Waals surface area contributed by atoms with Crippen LogP contribution in [-0.2, 0) is 19.1 Å². The van der Waals surface area contributed by atoms with Gasteiger partial charge in [-0.2, -0.15) is 0 Å². The summed E-state index contributed by atoms with van der Waals surface area (Å²) in [6.07, 6.45) is 0.444. The van der Waals surface area contributed by atoms with Crippen molar-refractivity contribution in [1.82, 2.24) is 0 Å².